The van der Waals surface area contributed by atoms with E-state index in [0.29, 0.717) is 17.4 Å². The number of rotatable bonds is 7. The van der Waals surface area contributed by atoms with Gasteiger partial charge < -0.3 is 0 Å². The van der Waals surface area contributed by atoms with Crippen LogP contribution in [0.1, 0.15) is 44.9 Å². The molecule has 1 fully saturated rings. The first-order valence-corrected chi connectivity index (χ1v) is 8.68. The number of amidine groups is 1. The third-order valence-electron chi connectivity index (χ3n) is 4.59. The van der Waals surface area contributed by atoms with E-state index in [-0.39, 0.29) is 5.92 Å². The third kappa shape index (κ3) is 5.03. The molecule has 1 atom stereocenters. The van der Waals surface area contributed by atoms with Gasteiger partial charge in [0.15, 0.2) is 0 Å². The van der Waals surface area contributed by atoms with Crippen LogP contribution in [0.25, 0.3) is 0 Å². The zero-order chi connectivity index (χ0) is 17.0. The number of allylic oxidation sites excluding steroid dienone is 1. The number of halogens is 1. The fourth-order valence-electron chi connectivity index (χ4n) is 2.48. The second-order valence-electron chi connectivity index (χ2n) is 6.82. The fraction of sp³-hybridized carbons (Fsp3) is 0.611. The van der Waals surface area contributed by atoms with E-state index in [2.05, 4.69) is 42.6 Å². The number of aryl methyl sites for hydroxylation is 1. The molecule has 0 aliphatic heterocycles. The molecule has 0 radical (unpaired) electrons. The van der Waals surface area contributed by atoms with Gasteiger partial charge in [0.25, 0.3) is 0 Å². The van der Waals surface area contributed by atoms with Crippen LogP contribution in [0.2, 0.25) is 0 Å². The van der Waals surface area contributed by atoms with Gasteiger partial charge in [-0.2, -0.15) is 5.10 Å². The molecule has 23 heavy (non-hydrogen) atoms. The lowest BCUT2D eigenvalue weighted by Crippen LogP contribution is -2.14. The summed E-state index contributed by atoms with van der Waals surface area (Å²) < 4.78 is 1.97. The predicted molar refractivity (Wildman–Crippen MR) is 98.3 cm³/mol. The maximum atomic E-state index is 6.39. The lowest BCUT2D eigenvalue weighted by Gasteiger charge is -2.13. The summed E-state index contributed by atoms with van der Waals surface area (Å²) in [5, 5.41) is 5.08. The van der Waals surface area contributed by atoms with Gasteiger partial charge in [-0.05, 0) is 43.4 Å². The highest BCUT2D eigenvalue weighted by atomic mass is 35.5. The van der Waals surface area contributed by atoms with Crippen LogP contribution in [0, 0.1) is 17.8 Å². The average Bonchev–Trinajstić information content (AvgIpc) is 3.27. The summed E-state index contributed by atoms with van der Waals surface area (Å²) in [5.41, 5.74) is 2.49. The van der Waals surface area contributed by atoms with Crippen LogP contribution in [0.3, 0.4) is 0 Å². The Balaban J connectivity index is 2.08. The highest BCUT2D eigenvalue weighted by Crippen LogP contribution is 2.33. The summed E-state index contributed by atoms with van der Waals surface area (Å²) in [6, 6.07) is 0. The number of aromatic nitrogens is 2. The molecule has 1 aromatic rings. The summed E-state index contributed by atoms with van der Waals surface area (Å²) in [5.74, 6) is 2.29. The van der Waals surface area contributed by atoms with E-state index >= 15 is 0 Å². The Bertz CT molecular complexity index is 609. The van der Waals surface area contributed by atoms with Crippen molar-refractivity contribution in [1.29, 1.82) is 0 Å². The van der Waals surface area contributed by atoms with Crippen molar-refractivity contribution in [1.82, 2.24) is 9.78 Å². The first-order valence-electron chi connectivity index (χ1n) is 8.31. The molecule has 0 amide bonds. The summed E-state index contributed by atoms with van der Waals surface area (Å²) in [7, 11) is 2.00. The lowest BCUT2D eigenvalue weighted by molar-refractivity contribution is 0.529. The quantitative estimate of drug-likeness (QED) is 0.538. The molecule has 0 aromatic carbocycles. The van der Waals surface area contributed by atoms with Crippen molar-refractivity contribution in [3.05, 3.63) is 28.7 Å². The Morgan fingerprint density at radius 3 is 2.74 bits per heavy atom. The van der Waals surface area contributed by atoms with Crippen LogP contribution in [-0.2, 0) is 19.9 Å². The van der Waals surface area contributed by atoms with Crippen molar-refractivity contribution in [2.24, 2.45) is 34.8 Å². The van der Waals surface area contributed by atoms with Crippen LogP contribution in [0.5, 0.6) is 0 Å². The van der Waals surface area contributed by atoms with Gasteiger partial charge in [-0.15, -0.1) is 0 Å². The van der Waals surface area contributed by atoms with Gasteiger partial charge in [-0.1, -0.05) is 32.4 Å². The van der Waals surface area contributed by atoms with E-state index < -0.39 is 0 Å². The van der Waals surface area contributed by atoms with Crippen molar-refractivity contribution < 1.29 is 0 Å². The molecule has 1 aliphatic rings. The average molecular weight is 335 g/mol. The maximum Gasteiger partial charge on any atom is 0.130 e. The molecule has 126 valence electrons. The van der Waals surface area contributed by atoms with Crippen LogP contribution in [-0.4, -0.2) is 22.3 Å². The topological polar surface area (TPSA) is 42.5 Å². The second kappa shape index (κ2) is 7.91. The van der Waals surface area contributed by atoms with Gasteiger partial charge in [0.2, 0.25) is 0 Å². The maximum absolute atomic E-state index is 6.39. The molecule has 0 N–H and O–H groups in total. The number of hydrogen-bond donors (Lipinski definition) is 0. The Kier molecular flexibility index (Phi) is 6.17. The monoisotopic (exact) mass is 334 g/mol. The smallest absolute Gasteiger partial charge is 0.130 e. The third-order valence-corrected chi connectivity index (χ3v) is 4.82. The summed E-state index contributed by atoms with van der Waals surface area (Å²) >= 11 is 6.39. The summed E-state index contributed by atoms with van der Waals surface area (Å²) in [6.45, 7) is 10.0. The number of aliphatic imine (C=N–C) groups is 2. The molecule has 2 rings (SSSR count). The van der Waals surface area contributed by atoms with E-state index in [4.69, 9.17) is 11.6 Å². The van der Waals surface area contributed by atoms with Crippen LogP contribution in [0.4, 0.5) is 0 Å². The van der Waals surface area contributed by atoms with Crippen LogP contribution >= 0.6 is 11.6 Å². The Morgan fingerprint density at radius 2 is 2.17 bits per heavy atom. The van der Waals surface area contributed by atoms with E-state index in [1.807, 2.05) is 17.9 Å². The molecule has 0 saturated heterocycles. The molecular formula is C18H27ClN4. The van der Waals surface area contributed by atoms with E-state index in [0.717, 1.165) is 18.2 Å². The first-order chi connectivity index (χ1) is 10.9. The summed E-state index contributed by atoms with van der Waals surface area (Å²) in [6.07, 6.45) is 8.06. The van der Waals surface area contributed by atoms with Gasteiger partial charge in [-0.25, -0.2) is 9.98 Å². The molecule has 0 unspecified atom stereocenters. The fourth-order valence-corrected chi connectivity index (χ4v) is 2.67. The minimum atomic E-state index is 0.261. The van der Waals surface area contributed by atoms with E-state index in [1.165, 1.54) is 24.1 Å². The molecule has 1 saturated carbocycles. The Hall–Kier alpha value is -1.42. The van der Waals surface area contributed by atoms with Crippen LogP contribution in [0.15, 0.2) is 27.4 Å². The van der Waals surface area contributed by atoms with Gasteiger partial charge >= 0.3 is 0 Å². The zero-order valence-electron chi connectivity index (χ0n) is 14.6. The van der Waals surface area contributed by atoms with Crippen molar-refractivity contribution in [2.45, 2.75) is 46.5 Å². The second-order valence-corrected chi connectivity index (χ2v) is 7.30. The minimum absolute atomic E-state index is 0.261. The molecule has 0 bridgehead atoms. The highest BCUT2D eigenvalue weighted by Gasteiger charge is 2.24. The highest BCUT2D eigenvalue weighted by molar-refractivity contribution is 6.29. The SMILES string of the molecule is C=N/C(=N\C=C(\Cl)Cc1cnn(C)c1CC1CC1)[C@@H](C)C(C)C. The van der Waals surface area contributed by atoms with Crippen molar-refractivity contribution in [3.8, 4) is 0 Å². The molecule has 1 aromatic heterocycles. The van der Waals surface area contributed by atoms with Gasteiger partial charge in [-0.3, -0.25) is 4.68 Å². The number of hydrogen-bond acceptors (Lipinski definition) is 2. The van der Waals surface area contributed by atoms with E-state index in [1.54, 1.807) is 6.20 Å². The molecule has 5 heteroatoms. The van der Waals surface area contributed by atoms with Crippen molar-refractivity contribution in [2.75, 3.05) is 0 Å². The van der Waals surface area contributed by atoms with Gasteiger partial charge in [0.05, 0.1) is 6.20 Å². The normalized spacial score (nSPS) is 17.7. The van der Waals surface area contributed by atoms with Crippen molar-refractivity contribution >= 4 is 24.2 Å². The van der Waals surface area contributed by atoms with Crippen molar-refractivity contribution in [3.63, 3.8) is 0 Å². The minimum Gasteiger partial charge on any atom is -0.272 e. The predicted octanol–water partition coefficient (Wildman–Crippen LogP) is 4.39. The first kappa shape index (κ1) is 17.9. The van der Waals surface area contributed by atoms with E-state index in [9.17, 15) is 0 Å². The Labute approximate surface area is 144 Å². The summed E-state index contributed by atoms with van der Waals surface area (Å²) in [4.78, 5) is 8.47. The van der Waals surface area contributed by atoms with Crippen LogP contribution < -0.4 is 0 Å². The molecule has 1 aliphatic carbocycles. The molecular weight excluding hydrogens is 308 g/mol. The van der Waals surface area contributed by atoms with Gasteiger partial charge in [0.1, 0.15) is 5.84 Å². The standard InChI is InChI=1S/C18H27ClN4/c1-12(2)13(3)18(20-4)21-11-16(19)9-15-10-22-23(5)17(15)8-14-6-7-14/h10-14H,4,6-9H2,1-3,5H3/b16-11+,21-18-/t13-/m0/s1. The Morgan fingerprint density at radius 1 is 1.48 bits per heavy atom. The molecule has 1 heterocycles. The number of nitrogens with zero attached hydrogens (tertiary/aromatic N) is 4. The lowest BCUT2D eigenvalue weighted by atomic mass is 9.97. The zero-order valence-corrected chi connectivity index (χ0v) is 15.3. The molecule has 4 nitrogen and oxygen atoms in total. The van der Waals surface area contributed by atoms with Gasteiger partial charge in [0, 0.05) is 36.3 Å². The molecule has 0 spiro atoms. The largest absolute Gasteiger partial charge is 0.272 e.